The molecular formula is C13H22O3. The zero-order chi connectivity index (χ0) is 11.2. The molecule has 3 aliphatic heterocycles. The smallest absolute Gasteiger partial charge is 0.154 e. The van der Waals surface area contributed by atoms with Crippen LogP contribution >= 0.6 is 0 Å². The van der Waals surface area contributed by atoms with Crippen LogP contribution in [0.25, 0.3) is 0 Å². The van der Waals surface area contributed by atoms with E-state index < -0.39 is 0 Å². The van der Waals surface area contributed by atoms with E-state index in [1.807, 2.05) is 6.92 Å². The molecule has 4 rings (SSSR count). The molecule has 0 aromatic heterocycles. The van der Waals surface area contributed by atoms with Gasteiger partial charge in [0.1, 0.15) is 0 Å². The number of hydrogen-bond donors (Lipinski definition) is 0. The maximum Gasteiger partial charge on any atom is 0.154 e. The van der Waals surface area contributed by atoms with E-state index in [4.69, 9.17) is 14.2 Å². The van der Waals surface area contributed by atoms with Gasteiger partial charge in [0.25, 0.3) is 0 Å². The molecule has 4 aliphatic rings. The number of fused-ring (bicyclic) bond motifs is 2. The van der Waals surface area contributed by atoms with E-state index in [1.54, 1.807) is 0 Å². The summed E-state index contributed by atoms with van der Waals surface area (Å²) in [4.78, 5) is 0. The summed E-state index contributed by atoms with van der Waals surface area (Å²) in [7, 11) is 0. The lowest BCUT2D eigenvalue weighted by Gasteiger charge is -2.50. The van der Waals surface area contributed by atoms with Crippen molar-refractivity contribution >= 4 is 0 Å². The fraction of sp³-hybridized carbons (Fsp3) is 1.00. The van der Waals surface area contributed by atoms with Gasteiger partial charge in [-0.3, -0.25) is 0 Å². The second kappa shape index (κ2) is 3.97. The molecule has 1 aliphatic carbocycles. The molecule has 4 fully saturated rings. The second-order valence-electron chi connectivity index (χ2n) is 6.01. The summed E-state index contributed by atoms with van der Waals surface area (Å²) in [6.07, 6.45) is 4.30. The lowest BCUT2D eigenvalue weighted by Crippen LogP contribution is -2.50. The monoisotopic (exact) mass is 226 g/mol. The molecule has 0 aromatic rings. The lowest BCUT2D eigenvalue weighted by molar-refractivity contribution is -0.250. The van der Waals surface area contributed by atoms with Crippen molar-refractivity contribution < 1.29 is 14.2 Å². The van der Waals surface area contributed by atoms with E-state index >= 15 is 0 Å². The molecule has 3 saturated heterocycles. The fourth-order valence-electron chi connectivity index (χ4n) is 3.33. The number of ether oxygens (including phenoxy) is 3. The molecule has 1 atom stereocenters. The first-order chi connectivity index (χ1) is 7.67. The Morgan fingerprint density at radius 1 is 0.938 bits per heavy atom. The zero-order valence-corrected chi connectivity index (χ0v) is 10.3. The average molecular weight is 226 g/mol. The van der Waals surface area contributed by atoms with Crippen molar-refractivity contribution in [3.8, 4) is 0 Å². The Balaban J connectivity index is 1.69. The Hall–Kier alpha value is -0.120. The summed E-state index contributed by atoms with van der Waals surface area (Å²) in [5.41, 5.74) is 0.136. The first-order valence-corrected chi connectivity index (χ1v) is 6.52. The Bertz CT molecular complexity index is 252. The molecule has 16 heavy (non-hydrogen) atoms. The van der Waals surface area contributed by atoms with Gasteiger partial charge in [-0.05, 0) is 44.9 Å². The summed E-state index contributed by atoms with van der Waals surface area (Å²) in [6, 6.07) is 0. The maximum atomic E-state index is 6.00. The van der Waals surface area contributed by atoms with Gasteiger partial charge in [0.05, 0.1) is 25.9 Å². The minimum absolute atomic E-state index is 0.0392. The molecule has 3 heteroatoms. The minimum atomic E-state index is -0.0392. The Kier molecular flexibility index (Phi) is 2.73. The highest BCUT2D eigenvalue weighted by molar-refractivity contribution is 4.93. The second-order valence-corrected chi connectivity index (χ2v) is 6.01. The number of rotatable bonds is 0. The Labute approximate surface area is 97.4 Å². The summed E-state index contributed by atoms with van der Waals surface area (Å²) in [6.45, 7) is 6.61. The van der Waals surface area contributed by atoms with Crippen LogP contribution in [-0.4, -0.2) is 32.2 Å². The van der Waals surface area contributed by atoms with Crippen molar-refractivity contribution in [2.45, 2.75) is 45.5 Å². The van der Waals surface area contributed by atoms with Crippen LogP contribution in [0.15, 0.2) is 0 Å². The van der Waals surface area contributed by atoms with Crippen molar-refractivity contribution in [1.29, 1.82) is 0 Å². The average Bonchev–Trinajstić information content (AvgIpc) is 2.21. The van der Waals surface area contributed by atoms with Gasteiger partial charge in [-0.2, -0.15) is 0 Å². The highest BCUT2D eigenvalue weighted by atomic mass is 16.7. The summed E-state index contributed by atoms with van der Waals surface area (Å²) >= 11 is 0. The molecule has 1 unspecified atom stereocenters. The summed E-state index contributed by atoms with van der Waals surface area (Å²) in [5, 5.41) is 0. The van der Waals surface area contributed by atoms with E-state index in [0.29, 0.717) is 6.10 Å². The minimum Gasteiger partial charge on any atom is -0.377 e. The topological polar surface area (TPSA) is 27.7 Å². The molecular weight excluding hydrogens is 204 g/mol. The van der Waals surface area contributed by atoms with Gasteiger partial charge in [0.2, 0.25) is 0 Å². The highest BCUT2D eigenvalue weighted by Crippen LogP contribution is 2.47. The van der Waals surface area contributed by atoms with Gasteiger partial charge in [0, 0.05) is 5.41 Å². The van der Waals surface area contributed by atoms with E-state index in [9.17, 15) is 0 Å². The van der Waals surface area contributed by atoms with Gasteiger partial charge in [0.15, 0.2) is 6.29 Å². The van der Waals surface area contributed by atoms with Crippen molar-refractivity contribution in [1.82, 2.24) is 0 Å². The van der Waals surface area contributed by atoms with Crippen molar-refractivity contribution in [2.75, 3.05) is 19.8 Å². The van der Waals surface area contributed by atoms with Crippen LogP contribution in [0.1, 0.15) is 33.1 Å². The Morgan fingerprint density at radius 2 is 1.56 bits per heavy atom. The number of hydrogen-bond acceptors (Lipinski definition) is 3. The third kappa shape index (κ3) is 1.89. The van der Waals surface area contributed by atoms with Crippen LogP contribution in [0.5, 0.6) is 0 Å². The fourth-order valence-corrected chi connectivity index (χ4v) is 3.33. The predicted molar refractivity (Wildman–Crippen MR) is 60.0 cm³/mol. The molecule has 3 heterocycles. The first-order valence-electron chi connectivity index (χ1n) is 6.52. The molecule has 2 bridgehead atoms. The highest BCUT2D eigenvalue weighted by Gasteiger charge is 2.46. The largest absolute Gasteiger partial charge is 0.377 e. The van der Waals surface area contributed by atoms with Crippen LogP contribution in [0.3, 0.4) is 0 Å². The quantitative estimate of drug-likeness (QED) is 0.634. The molecule has 0 amide bonds. The van der Waals surface area contributed by atoms with Crippen LogP contribution in [0, 0.1) is 17.3 Å². The third-order valence-corrected chi connectivity index (χ3v) is 4.56. The predicted octanol–water partition coefficient (Wildman–Crippen LogP) is 2.20. The van der Waals surface area contributed by atoms with Crippen LogP contribution in [-0.2, 0) is 14.2 Å². The van der Waals surface area contributed by atoms with Gasteiger partial charge in [-0.1, -0.05) is 0 Å². The lowest BCUT2D eigenvalue weighted by atomic mass is 9.64. The first kappa shape index (κ1) is 11.0. The van der Waals surface area contributed by atoms with E-state index in [1.165, 1.54) is 19.3 Å². The van der Waals surface area contributed by atoms with Gasteiger partial charge < -0.3 is 14.2 Å². The van der Waals surface area contributed by atoms with Crippen LogP contribution in [0.4, 0.5) is 0 Å². The maximum absolute atomic E-state index is 6.00. The van der Waals surface area contributed by atoms with Crippen LogP contribution < -0.4 is 0 Å². The molecule has 0 N–H and O–H groups in total. The molecule has 0 aromatic carbocycles. The van der Waals surface area contributed by atoms with Gasteiger partial charge in [-0.25, -0.2) is 0 Å². The van der Waals surface area contributed by atoms with Crippen LogP contribution in [0.2, 0.25) is 0 Å². The molecule has 0 radical (unpaired) electrons. The van der Waals surface area contributed by atoms with Crippen molar-refractivity contribution in [3.63, 3.8) is 0 Å². The molecule has 1 spiro atoms. The Morgan fingerprint density at radius 3 is 2.25 bits per heavy atom. The normalized spacial score (nSPS) is 52.9. The van der Waals surface area contributed by atoms with Crippen molar-refractivity contribution in [3.05, 3.63) is 0 Å². The van der Waals surface area contributed by atoms with E-state index in [2.05, 4.69) is 6.92 Å². The van der Waals surface area contributed by atoms with Gasteiger partial charge >= 0.3 is 0 Å². The molecule has 92 valence electrons. The standard InChI is InChI=1S/C13H22O3/c1-9-12-3-11(4-12)5-13(6-14-9)7-15-10(2)16-8-13/h9-12H,3-8H2,1-2H3. The van der Waals surface area contributed by atoms with Gasteiger partial charge in [-0.15, -0.1) is 0 Å². The summed E-state index contributed by atoms with van der Waals surface area (Å²) < 4.78 is 17.3. The SMILES string of the molecule is CC1OCC2(CO1)COC(C)C1CC(C1)C2. The van der Waals surface area contributed by atoms with E-state index in [0.717, 1.165) is 31.7 Å². The third-order valence-electron chi connectivity index (χ3n) is 4.56. The van der Waals surface area contributed by atoms with Crippen molar-refractivity contribution in [2.24, 2.45) is 17.3 Å². The molecule has 1 saturated carbocycles. The summed E-state index contributed by atoms with van der Waals surface area (Å²) in [5.74, 6) is 1.70. The van der Waals surface area contributed by atoms with E-state index in [-0.39, 0.29) is 11.7 Å². The molecule has 3 nitrogen and oxygen atoms in total. The zero-order valence-electron chi connectivity index (χ0n) is 10.3.